The highest BCUT2D eigenvalue weighted by Gasteiger charge is 2.58. The van der Waals surface area contributed by atoms with Gasteiger partial charge in [-0.05, 0) is 57.6 Å². The van der Waals surface area contributed by atoms with E-state index in [0.717, 1.165) is 21.9 Å². The standard InChI is InChI=1S/C38H44O8/c1-24-26(3)38(19-33(22-45-38)42-20-27-13-15-29-9-5-7-11-31(29)17-27)46-36(34(24)44-23-41-4)35(25(2)37(39)40)43-21-28-14-16-30-10-6-8-12-32(30)18-28/h5-18,24-26,33-36H,19-23H2,1-4H3,(H,39,40)/t24-,25-,26-,33-,34+,35-,36+,38+/m0/s1. The summed E-state index contributed by atoms with van der Waals surface area (Å²) in [6.07, 6.45) is -1.71. The third-order valence-electron chi connectivity index (χ3n) is 9.83. The van der Waals surface area contributed by atoms with Crippen molar-refractivity contribution < 1.29 is 38.3 Å². The molecule has 244 valence electrons. The first-order valence-electron chi connectivity index (χ1n) is 16.1. The number of methoxy groups -OCH3 is 1. The summed E-state index contributed by atoms with van der Waals surface area (Å²) < 4.78 is 37.7. The second-order valence-electron chi connectivity index (χ2n) is 12.8. The monoisotopic (exact) mass is 628 g/mol. The highest BCUT2D eigenvalue weighted by Crippen LogP contribution is 2.48. The van der Waals surface area contributed by atoms with Crippen LogP contribution in [-0.4, -0.2) is 61.8 Å². The molecule has 8 heteroatoms. The summed E-state index contributed by atoms with van der Waals surface area (Å²) in [4.78, 5) is 12.5. The summed E-state index contributed by atoms with van der Waals surface area (Å²) in [6.45, 7) is 6.95. The smallest absolute Gasteiger partial charge is 0.308 e. The van der Waals surface area contributed by atoms with Crippen LogP contribution in [0.2, 0.25) is 0 Å². The summed E-state index contributed by atoms with van der Waals surface area (Å²) in [7, 11) is 1.57. The molecule has 2 aliphatic rings. The quantitative estimate of drug-likeness (QED) is 0.168. The minimum Gasteiger partial charge on any atom is -0.481 e. The predicted molar refractivity (Wildman–Crippen MR) is 175 cm³/mol. The van der Waals surface area contributed by atoms with Crippen molar-refractivity contribution in [2.24, 2.45) is 17.8 Å². The van der Waals surface area contributed by atoms with Gasteiger partial charge in [-0.3, -0.25) is 4.79 Å². The Morgan fingerprint density at radius 2 is 1.50 bits per heavy atom. The maximum absolute atomic E-state index is 12.5. The minimum atomic E-state index is -0.978. The first kappa shape index (κ1) is 32.6. The third-order valence-corrected chi connectivity index (χ3v) is 9.83. The maximum Gasteiger partial charge on any atom is 0.308 e. The van der Waals surface area contributed by atoms with Crippen LogP contribution in [0.3, 0.4) is 0 Å². The van der Waals surface area contributed by atoms with Crippen molar-refractivity contribution in [2.45, 2.75) is 70.6 Å². The van der Waals surface area contributed by atoms with Gasteiger partial charge in [0.25, 0.3) is 0 Å². The lowest BCUT2D eigenvalue weighted by atomic mass is 9.75. The van der Waals surface area contributed by atoms with Gasteiger partial charge in [-0.25, -0.2) is 0 Å². The molecular weight excluding hydrogens is 584 g/mol. The molecule has 2 saturated heterocycles. The summed E-state index contributed by atoms with van der Waals surface area (Å²) >= 11 is 0. The summed E-state index contributed by atoms with van der Waals surface area (Å²) in [6, 6.07) is 28.9. The first-order chi connectivity index (χ1) is 22.3. The molecule has 0 amide bonds. The Morgan fingerprint density at radius 3 is 2.11 bits per heavy atom. The van der Waals surface area contributed by atoms with Gasteiger partial charge in [-0.1, -0.05) is 86.6 Å². The maximum atomic E-state index is 12.5. The van der Waals surface area contributed by atoms with E-state index in [1.54, 1.807) is 14.0 Å². The number of carboxylic acid groups (broad SMARTS) is 1. The van der Waals surface area contributed by atoms with Gasteiger partial charge in [0, 0.05) is 19.4 Å². The topological polar surface area (TPSA) is 92.7 Å². The molecule has 4 aromatic rings. The fourth-order valence-electron chi connectivity index (χ4n) is 6.94. The molecule has 4 aromatic carbocycles. The van der Waals surface area contributed by atoms with E-state index in [2.05, 4.69) is 68.4 Å². The molecule has 2 aliphatic heterocycles. The number of rotatable bonds is 12. The van der Waals surface area contributed by atoms with Crippen LogP contribution in [0.4, 0.5) is 0 Å². The molecule has 6 rings (SSSR count). The lowest BCUT2D eigenvalue weighted by Crippen LogP contribution is -2.62. The molecule has 1 N–H and O–H groups in total. The highest BCUT2D eigenvalue weighted by molar-refractivity contribution is 5.83. The van der Waals surface area contributed by atoms with Crippen molar-refractivity contribution in [3.8, 4) is 0 Å². The molecule has 0 saturated carbocycles. The van der Waals surface area contributed by atoms with Crippen molar-refractivity contribution >= 4 is 27.5 Å². The molecule has 46 heavy (non-hydrogen) atoms. The molecule has 2 fully saturated rings. The van der Waals surface area contributed by atoms with E-state index in [4.69, 9.17) is 28.4 Å². The Balaban J connectivity index is 1.22. The minimum absolute atomic E-state index is 0.0474. The van der Waals surface area contributed by atoms with Gasteiger partial charge in [0.15, 0.2) is 5.79 Å². The van der Waals surface area contributed by atoms with Crippen LogP contribution in [-0.2, 0) is 46.4 Å². The van der Waals surface area contributed by atoms with Crippen molar-refractivity contribution in [3.05, 3.63) is 96.1 Å². The zero-order valence-electron chi connectivity index (χ0n) is 27.0. The van der Waals surface area contributed by atoms with Crippen molar-refractivity contribution in [3.63, 3.8) is 0 Å². The second kappa shape index (κ2) is 14.2. The van der Waals surface area contributed by atoms with Crippen LogP contribution in [0.25, 0.3) is 21.5 Å². The molecule has 0 radical (unpaired) electrons. The van der Waals surface area contributed by atoms with Crippen LogP contribution < -0.4 is 0 Å². The number of benzene rings is 4. The Kier molecular flexibility index (Phi) is 10.0. The van der Waals surface area contributed by atoms with E-state index in [9.17, 15) is 9.90 Å². The van der Waals surface area contributed by atoms with E-state index in [1.807, 2.05) is 30.3 Å². The van der Waals surface area contributed by atoms with Crippen LogP contribution in [0.5, 0.6) is 0 Å². The Morgan fingerprint density at radius 1 is 0.891 bits per heavy atom. The normalized spacial score (nSPS) is 27.7. The first-order valence-corrected chi connectivity index (χ1v) is 16.1. The number of hydrogen-bond donors (Lipinski definition) is 1. The molecule has 0 aromatic heterocycles. The van der Waals surface area contributed by atoms with Crippen molar-refractivity contribution in [2.75, 3.05) is 20.5 Å². The van der Waals surface area contributed by atoms with E-state index in [0.29, 0.717) is 19.6 Å². The number of aliphatic carboxylic acids is 1. The molecule has 1 spiro atoms. The number of fused-ring (bicyclic) bond motifs is 2. The summed E-state index contributed by atoms with van der Waals surface area (Å²) in [5.41, 5.74) is 2.04. The van der Waals surface area contributed by atoms with Crippen LogP contribution in [0, 0.1) is 17.8 Å². The number of ether oxygens (including phenoxy) is 6. The number of hydrogen-bond acceptors (Lipinski definition) is 7. The third kappa shape index (κ3) is 6.83. The Labute approximate surface area is 270 Å². The lowest BCUT2D eigenvalue weighted by molar-refractivity contribution is -0.347. The van der Waals surface area contributed by atoms with Crippen molar-refractivity contribution in [1.82, 2.24) is 0 Å². The molecule has 0 bridgehead atoms. The Bertz CT molecular complexity index is 1640. The predicted octanol–water partition coefficient (Wildman–Crippen LogP) is 6.96. The lowest BCUT2D eigenvalue weighted by Gasteiger charge is -2.51. The zero-order chi connectivity index (χ0) is 32.3. The number of carbonyl (C=O) groups is 1. The van der Waals surface area contributed by atoms with Gasteiger partial charge in [-0.2, -0.15) is 0 Å². The second-order valence-corrected chi connectivity index (χ2v) is 12.8. The summed E-state index contributed by atoms with van der Waals surface area (Å²) in [5, 5.41) is 14.8. The van der Waals surface area contributed by atoms with E-state index < -0.39 is 36.0 Å². The summed E-state index contributed by atoms with van der Waals surface area (Å²) in [5.74, 6) is -2.95. The molecule has 0 aliphatic carbocycles. The molecule has 2 heterocycles. The SMILES string of the molecule is COCO[C@@H]1[C@@H](C)[C@H](C)[C@@]2(C[C@H](OCc3ccc4ccccc4c3)CO2)O[C@H]1[C@@H](OCc1ccc2ccccc2c1)[C@H](C)C(=O)O. The van der Waals surface area contributed by atoms with E-state index in [-0.39, 0.29) is 31.3 Å². The molecular formula is C38H44O8. The van der Waals surface area contributed by atoms with Crippen LogP contribution in [0.1, 0.15) is 38.3 Å². The van der Waals surface area contributed by atoms with Crippen LogP contribution >= 0.6 is 0 Å². The fraction of sp³-hybridized carbons (Fsp3) is 0.447. The van der Waals surface area contributed by atoms with Gasteiger partial charge < -0.3 is 33.5 Å². The van der Waals surface area contributed by atoms with Crippen molar-refractivity contribution in [1.29, 1.82) is 0 Å². The average Bonchev–Trinajstić information content (AvgIpc) is 3.49. The molecule has 8 atom stereocenters. The van der Waals surface area contributed by atoms with Gasteiger partial charge in [0.2, 0.25) is 0 Å². The highest BCUT2D eigenvalue weighted by atomic mass is 16.7. The number of carboxylic acids is 1. The van der Waals surface area contributed by atoms with E-state index >= 15 is 0 Å². The van der Waals surface area contributed by atoms with E-state index in [1.165, 1.54) is 10.8 Å². The van der Waals surface area contributed by atoms with Gasteiger partial charge >= 0.3 is 5.97 Å². The largest absolute Gasteiger partial charge is 0.481 e. The molecule has 0 unspecified atom stereocenters. The van der Waals surface area contributed by atoms with Crippen LogP contribution in [0.15, 0.2) is 84.9 Å². The van der Waals surface area contributed by atoms with Gasteiger partial charge in [-0.15, -0.1) is 0 Å². The van der Waals surface area contributed by atoms with Gasteiger partial charge in [0.05, 0.1) is 44.1 Å². The van der Waals surface area contributed by atoms with Gasteiger partial charge in [0.1, 0.15) is 12.9 Å². The zero-order valence-corrected chi connectivity index (χ0v) is 27.0. The Hall–Kier alpha value is -3.37. The average molecular weight is 629 g/mol. The fourth-order valence-corrected chi connectivity index (χ4v) is 6.94. The molecule has 8 nitrogen and oxygen atoms in total.